The van der Waals surface area contributed by atoms with Gasteiger partial charge in [-0.1, -0.05) is 6.07 Å². The van der Waals surface area contributed by atoms with Gasteiger partial charge in [0.25, 0.3) is 5.91 Å². The Balaban J connectivity index is 1.49. The number of benzene rings is 1. The molecule has 2 fully saturated rings. The van der Waals surface area contributed by atoms with Crippen LogP contribution < -0.4 is 10.1 Å². The summed E-state index contributed by atoms with van der Waals surface area (Å²) in [5.74, 6) is 0.803. The standard InChI is InChI=1S/C17H23N3O3/c1-23-15-4-2-3-13(11-15)17(22)20-9-7-19(8-10-20)12-16(21)18-14-5-6-14/h2-4,11,14H,5-10,12H2,1H3,(H,18,21). The molecule has 1 aliphatic heterocycles. The van der Waals surface area contributed by atoms with E-state index in [1.807, 2.05) is 17.0 Å². The van der Waals surface area contributed by atoms with Crippen LogP contribution in [-0.2, 0) is 4.79 Å². The van der Waals surface area contributed by atoms with Gasteiger partial charge in [-0.3, -0.25) is 14.5 Å². The molecule has 2 aliphatic rings. The predicted octanol–water partition coefficient (Wildman–Crippen LogP) is 0.732. The zero-order chi connectivity index (χ0) is 16.2. The topological polar surface area (TPSA) is 61.9 Å². The van der Waals surface area contributed by atoms with E-state index in [4.69, 9.17) is 4.74 Å². The maximum atomic E-state index is 12.5. The van der Waals surface area contributed by atoms with Crippen molar-refractivity contribution in [1.82, 2.24) is 15.1 Å². The molecule has 0 radical (unpaired) electrons. The van der Waals surface area contributed by atoms with Gasteiger partial charge < -0.3 is 15.0 Å². The molecule has 1 saturated carbocycles. The number of carbonyl (C=O) groups excluding carboxylic acids is 2. The summed E-state index contributed by atoms with van der Waals surface area (Å²) in [6, 6.07) is 7.62. The molecular weight excluding hydrogens is 294 g/mol. The van der Waals surface area contributed by atoms with Crippen LogP contribution in [0.2, 0.25) is 0 Å². The fourth-order valence-electron chi connectivity index (χ4n) is 2.75. The zero-order valence-electron chi connectivity index (χ0n) is 13.5. The van der Waals surface area contributed by atoms with Crippen molar-refractivity contribution >= 4 is 11.8 Å². The number of nitrogens with one attached hydrogen (secondary N) is 1. The number of piperazine rings is 1. The minimum Gasteiger partial charge on any atom is -0.497 e. The Kier molecular flexibility index (Phi) is 4.81. The first-order chi connectivity index (χ1) is 11.2. The molecule has 0 aromatic heterocycles. The minimum absolute atomic E-state index is 0.0194. The molecule has 1 aromatic carbocycles. The van der Waals surface area contributed by atoms with Crippen LogP contribution in [-0.4, -0.2) is 67.5 Å². The first-order valence-corrected chi connectivity index (χ1v) is 8.11. The van der Waals surface area contributed by atoms with E-state index in [1.54, 1.807) is 19.2 Å². The van der Waals surface area contributed by atoms with Crippen LogP contribution in [0, 0.1) is 0 Å². The lowest BCUT2D eigenvalue weighted by Gasteiger charge is -2.34. The van der Waals surface area contributed by atoms with Gasteiger partial charge in [0.15, 0.2) is 0 Å². The van der Waals surface area contributed by atoms with Crippen LogP contribution in [0.5, 0.6) is 5.75 Å². The van der Waals surface area contributed by atoms with Crippen LogP contribution in [0.25, 0.3) is 0 Å². The zero-order valence-corrected chi connectivity index (χ0v) is 13.5. The minimum atomic E-state index is 0.0194. The van der Waals surface area contributed by atoms with Crippen molar-refractivity contribution in [3.05, 3.63) is 29.8 Å². The molecule has 1 aromatic rings. The van der Waals surface area contributed by atoms with Crippen LogP contribution in [0.15, 0.2) is 24.3 Å². The van der Waals surface area contributed by atoms with Crippen molar-refractivity contribution in [3.8, 4) is 5.75 Å². The molecule has 6 heteroatoms. The highest BCUT2D eigenvalue weighted by Gasteiger charge is 2.26. The van der Waals surface area contributed by atoms with Gasteiger partial charge in [-0.15, -0.1) is 0 Å². The number of hydrogen-bond acceptors (Lipinski definition) is 4. The first-order valence-electron chi connectivity index (χ1n) is 8.11. The SMILES string of the molecule is COc1cccc(C(=O)N2CCN(CC(=O)NC3CC3)CC2)c1. The summed E-state index contributed by atoms with van der Waals surface area (Å²) in [6.07, 6.45) is 2.21. The summed E-state index contributed by atoms with van der Waals surface area (Å²) in [5, 5.41) is 3.00. The summed E-state index contributed by atoms with van der Waals surface area (Å²) in [7, 11) is 1.59. The van der Waals surface area contributed by atoms with Crippen molar-refractivity contribution < 1.29 is 14.3 Å². The van der Waals surface area contributed by atoms with E-state index in [1.165, 1.54) is 0 Å². The maximum Gasteiger partial charge on any atom is 0.254 e. The van der Waals surface area contributed by atoms with Crippen LogP contribution in [0.3, 0.4) is 0 Å². The molecular formula is C17H23N3O3. The van der Waals surface area contributed by atoms with Crippen LogP contribution in [0.1, 0.15) is 23.2 Å². The van der Waals surface area contributed by atoms with Gasteiger partial charge in [0.1, 0.15) is 5.75 Å². The van der Waals surface area contributed by atoms with Gasteiger partial charge in [0.05, 0.1) is 13.7 Å². The summed E-state index contributed by atoms with van der Waals surface area (Å²) < 4.78 is 5.17. The molecule has 6 nitrogen and oxygen atoms in total. The Bertz CT molecular complexity index is 578. The van der Waals surface area contributed by atoms with Crippen molar-refractivity contribution in [3.63, 3.8) is 0 Å². The highest BCUT2D eigenvalue weighted by atomic mass is 16.5. The fraction of sp³-hybridized carbons (Fsp3) is 0.529. The Morgan fingerprint density at radius 1 is 1.22 bits per heavy atom. The highest BCUT2D eigenvalue weighted by molar-refractivity contribution is 5.94. The van der Waals surface area contributed by atoms with E-state index in [0.717, 1.165) is 25.9 Å². The third-order valence-electron chi connectivity index (χ3n) is 4.29. The lowest BCUT2D eigenvalue weighted by atomic mass is 10.1. The number of methoxy groups -OCH3 is 1. The summed E-state index contributed by atoms with van der Waals surface area (Å²) in [4.78, 5) is 28.3. The van der Waals surface area contributed by atoms with Crippen LogP contribution >= 0.6 is 0 Å². The van der Waals surface area contributed by atoms with E-state index in [2.05, 4.69) is 10.2 Å². The Morgan fingerprint density at radius 2 is 1.96 bits per heavy atom. The average Bonchev–Trinajstić information content (AvgIpc) is 3.38. The number of nitrogens with zero attached hydrogens (tertiary/aromatic N) is 2. The number of hydrogen-bond donors (Lipinski definition) is 1. The predicted molar refractivity (Wildman–Crippen MR) is 86.5 cm³/mol. The second kappa shape index (κ2) is 7.00. The summed E-state index contributed by atoms with van der Waals surface area (Å²) >= 11 is 0. The van der Waals surface area contributed by atoms with Gasteiger partial charge in [0, 0.05) is 37.8 Å². The molecule has 23 heavy (non-hydrogen) atoms. The lowest BCUT2D eigenvalue weighted by molar-refractivity contribution is -0.122. The van der Waals surface area contributed by atoms with Gasteiger partial charge >= 0.3 is 0 Å². The third kappa shape index (κ3) is 4.22. The lowest BCUT2D eigenvalue weighted by Crippen LogP contribution is -2.51. The second-order valence-corrected chi connectivity index (χ2v) is 6.14. The van der Waals surface area contributed by atoms with Gasteiger partial charge in [-0.05, 0) is 31.0 Å². The number of amides is 2. The van der Waals surface area contributed by atoms with E-state index in [0.29, 0.717) is 37.0 Å². The Hall–Kier alpha value is -2.08. The van der Waals surface area contributed by atoms with E-state index in [9.17, 15) is 9.59 Å². The molecule has 0 bridgehead atoms. The van der Waals surface area contributed by atoms with E-state index >= 15 is 0 Å². The van der Waals surface area contributed by atoms with Crippen LogP contribution in [0.4, 0.5) is 0 Å². The molecule has 1 N–H and O–H groups in total. The molecule has 1 saturated heterocycles. The Labute approximate surface area is 136 Å². The highest BCUT2D eigenvalue weighted by Crippen LogP contribution is 2.18. The smallest absolute Gasteiger partial charge is 0.254 e. The number of ether oxygens (including phenoxy) is 1. The van der Waals surface area contributed by atoms with Gasteiger partial charge in [0.2, 0.25) is 5.91 Å². The number of carbonyl (C=O) groups is 2. The molecule has 0 atom stereocenters. The van der Waals surface area contributed by atoms with E-state index in [-0.39, 0.29) is 11.8 Å². The van der Waals surface area contributed by atoms with Crippen molar-refractivity contribution in [2.45, 2.75) is 18.9 Å². The summed E-state index contributed by atoms with van der Waals surface area (Å²) in [6.45, 7) is 3.18. The molecule has 3 rings (SSSR count). The monoisotopic (exact) mass is 317 g/mol. The second-order valence-electron chi connectivity index (χ2n) is 6.14. The van der Waals surface area contributed by atoms with Crippen molar-refractivity contribution in [1.29, 1.82) is 0 Å². The molecule has 0 spiro atoms. The molecule has 124 valence electrons. The largest absolute Gasteiger partial charge is 0.497 e. The molecule has 2 amide bonds. The van der Waals surface area contributed by atoms with Crippen molar-refractivity contribution in [2.75, 3.05) is 39.8 Å². The molecule has 0 unspecified atom stereocenters. The Morgan fingerprint density at radius 3 is 2.61 bits per heavy atom. The van der Waals surface area contributed by atoms with Gasteiger partial charge in [-0.25, -0.2) is 0 Å². The molecule has 1 heterocycles. The summed E-state index contributed by atoms with van der Waals surface area (Å²) in [5.41, 5.74) is 0.643. The average molecular weight is 317 g/mol. The van der Waals surface area contributed by atoms with E-state index < -0.39 is 0 Å². The van der Waals surface area contributed by atoms with Crippen molar-refractivity contribution in [2.24, 2.45) is 0 Å². The number of rotatable bonds is 5. The van der Waals surface area contributed by atoms with Gasteiger partial charge in [-0.2, -0.15) is 0 Å². The quantitative estimate of drug-likeness (QED) is 0.870. The maximum absolute atomic E-state index is 12.5. The first kappa shape index (κ1) is 15.8. The molecule has 1 aliphatic carbocycles. The fourth-order valence-corrected chi connectivity index (χ4v) is 2.75. The normalized spacial score (nSPS) is 18.6. The third-order valence-corrected chi connectivity index (χ3v) is 4.29.